The first-order valence-electron chi connectivity index (χ1n) is 10.9. The summed E-state index contributed by atoms with van der Waals surface area (Å²) in [5.74, 6) is -1.54. The Kier molecular flexibility index (Phi) is 5.88. The molecule has 4 rings (SSSR count). The molecular formula is C25H26F3NO5. The monoisotopic (exact) mass is 477 g/mol. The summed E-state index contributed by atoms with van der Waals surface area (Å²) in [6, 6.07) is 7.90. The van der Waals surface area contributed by atoms with Crippen LogP contribution >= 0.6 is 0 Å². The molecule has 2 aromatic rings. The fourth-order valence-electron chi connectivity index (χ4n) is 4.61. The van der Waals surface area contributed by atoms with Gasteiger partial charge in [-0.1, -0.05) is 45.0 Å². The minimum atomic E-state index is -4.67. The van der Waals surface area contributed by atoms with E-state index in [9.17, 15) is 27.9 Å². The van der Waals surface area contributed by atoms with E-state index >= 15 is 0 Å². The average Bonchev–Trinajstić information content (AvgIpc) is 2.83. The van der Waals surface area contributed by atoms with Crippen LogP contribution in [0.2, 0.25) is 0 Å². The third-order valence-corrected chi connectivity index (χ3v) is 6.20. The average molecular weight is 477 g/mol. The number of hydrogen-bond donors (Lipinski definition) is 1. The Labute approximate surface area is 195 Å². The lowest BCUT2D eigenvalue weighted by atomic mass is 9.83. The molecule has 34 heavy (non-hydrogen) atoms. The zero-order valence-corrected chi connectivity index (χ0v) is 19.3. The Bertz CT molecular complexity index is 1140. The lowest BCUT2D eigenvalue weighted by molar-refractivity contribution is -0.148. The number of carboxylic acid groups (broad SMARTS) is 1. The van der Waals surface area contributed by atoms with Crippen molar-refractivity contribution in [2.24, 2.45) is 5.41 Å². The minimum Gasteiger partial charge on any atom is -0.489 e. The minimum absolute atomic E-state index is 0.161. The summed E-state index contributed by atoms with van der Waals surface area (Å²) in [4.78, 5) is 26.8. The van der Waals surface area contributed by atoms with Crippen LogP contribution < -0.4 is 9.64 Å². The van der Waals surface area contributed by atoms with Gasteiger partial charge in [0.15, 0.2) is 0 Å². The Morgan fingerprint density at radius 2 is 1.82 bits per heavy atom. The first-order chi connectivity index (χ1) is 15.8. The third-order valence-electron chi connectivity index (χ3n) is 6.20. The second-order valence-corrected chi connectivity index (χ2v) is 9.79. The molecule has 0 aromatic heterocycles. The van der Waals surface area contributed by atoms with Gasteiger partial charge in [0, 0.05) is 5.56 Å². The van der Waals surface area contributed by atoms with Crippen LogP contribution in [0.5, 0.6) is 5.75 Å². The number of carbonyl (C=O) groups excluding carboxylic acids is 1. The smallest absolute Gasteiger partial charge is 0.416 e. The van der Waals surface area contributed by atoms with Crippen LogP contribution in [0, 0.1) is 12.3 Å². The number of anilines is 1. The highest BCUT2D eigenvalue weighted by molar-refractivity contribution is 6.02. The van der Waals surface area contributed by atoms with E-state index in [0.29, 0.717) is 22.6 Å². The Morgan fingerprint density at radius 1 is 1.15 bits per heavy atom. The highest BCUT2D eigenvalue weighted by Gasteiger charge is 2.48. The number of carbonyl (C=O) groups is 2. The highest BCUT2D eigenvalue weighted by Crippen LogP contribution is 2.50. The number of aryl methyl sites for hydroxylation is 1. The molecule has 9 heteroatoms. The maximum absolute atomic E-state index is 13.9. The normalized spacial score (nSPS) is 22.6. The van der Waals surface area contributed by atoms with Crippen molar-refractivity contribution >= 4 is 17.6 Å². The second kappa shape index (κ2) is 8.30. The molecule has 0 spiro atoms. The van der Waals surface area contributed by atoms with Gasteiger partial charge in [0.25, 0.3) is 5.91 Å². The molecule has 1 amide bonds. The molecule has 2 aliphatic rings. The zero-order valence-electron chi connectivity index (χ0n) is 19.3. The second-order valence-electron chi connectivity index (χ2n) is 9.79. The van der Waals surface area contributed by atoms with Gasteiger partial charge in [-0.3, -0.25) is 14.5 Å². The maximum atomic E-state index is 13.9. The Morgan fingerprint density at radius 3 is 2.44 bits per heavy atom. The molecule has 0 saturated heterocycles. The first kappa shape index (κ1) is 24.1. The molecule has 2 aliphatic heterocycles. The SMILES string of the molecule is Cc1cc2c3c(c1)[C@@H](c1ccccc1C(F)(F)F)O[C@H](CC(=O)O)C(=O)N3[C@H](C(C)(C)C)CO2. The van der Waals surface area contributed by atoms with Crippen molar-refractivity contribution in [1.82, 2.24) is 0 Å². The predicted molar refractivity (Wildman–Crippen MR) is 118 cm³/mol. The molecule has 0 radical (unpaired) electrons. The predicted octanol–water partition coefficient (Wildman–Crippen LogP) is 5.12. The van der Waals surface area contributed by atoms with E-state index in [4.69, 9.17) is 9.47 Å². The fraction of sp³-hybridized carbons (Fsp3) is 0.440. The van der Waals surface area contributed by atoms with Crippen LogP contribution in [0.1, 0.15) is 55.5 Å². The number of alkyl halides is 3. The zero-order chi connectivity index (χ0) is 25.0. The first-order valence-corrected chi connectivity index (χ1v) is 10.9. The van der Waals surface area contributed by atoms with Gasteiger partial charge in [0.05, 0.1) is 23.7 Å². The van der Waals surface area contributed by atoms with Gasteiger partial charge in [0.2, 0.25) is 0 Å². The van der Waals surface area contributed by atoms with Gasteiger partial charge >= 0.3 is 12.1 Å². The number of ether oxygens (including phenoxy) is 2. The number of carboxylic acids is 1. The number of hydrogen-bond acceptors (Lipinski definition) is 4. The van der Waals surface area contributed by atoms with Crippen LogP contribution in [0.15, 0.2) is 36.4 Å². The van der Waals surface area contributed by atoms with E-state index in [-0.39, 0.29) is 12.2 Å². The van der Waals surface area contributed by atoms with Crippen LogP contribution in [0.25, 0.3) is 0 Å². The lowest BCUT2D eigenvalue weighted by Gasteiger charge is -2.44. The molecule has 182 valence electrons. The molecule has 0 saturated carbocycles. The van der Waals surface area contributed by atoms with Crippen molar-refractivity contribution in [3.05, 3.63) is 58.7 Å². The Hall–Kier alpha value is -3.07. The fourth-order valence-corrected chi connectivity index (χ4v) is 4.61. The van der Waals surface area contributed by atoms with Crippen molar-refractivity contribution in [3.8, 4) is 5.75 Å². The number of rotatable bonds is 3. The van der Waals surface area contributed by atoms with Gasteiger partial charge in [-0.2, -0.15) is 13.2 Å². The van der Waals surface area contributed by atoms with E-state index in [1.165, 1.54) is 23.1 Å². The highest BCUT2D eigenvalue weighted by atomic mass is 19.4. The van der Waals surface area contributed by atoms with Gasteiger partial charge in [0.1, 0.15) is 24.6 Å². The summed E-state index contributed by atoms with van der Waals surface area (Å²) in [6.07, 6.45) is -8.16. The molecule has 2 heterocycles. The lowest BCUT2D eigenvalue weighted by Crippen LogP contribution is -2.56. The molecular weight excluding hydrogens is 451 g/mol. The number of aliphatic carboxylic acids is 1. The molecule has 3 atom stereocenters. The van der Waals surface area contributed by atoms with Crippen molar-refractivity contribution in [2.45, 2.75) is 58.5 Å². The molecule has 0 unspecified atom stereocenters. The molecule has 0 fully saturated rings. The van der Waals surface area contributed by atoms with E-state index in [1.807, 2.05) is 20.8 Å². The van der Waals surface area contributed by atoms with Gasteiger partial charge in [-0.05, 0) is 35.6 Å². The number of halogens is 3. The van der Waals surface area contributed by atoms with E-state index in [1.54, 1.807) is 19.1 Å². The quantitative estimate of drug-likeness (QED) is 0.665. The Balaban J connectivity index is 2.02. The topological polar surface area (TPSA) is 76.1 Å². The number of benzene rings is 2. The molecule has 6 nitrogen and oxygen atoms in total. The number of amides is 1. The van der Waals surface area contributed by atoms with E-state index in [2.05, 4.69) is 0 Å². The van der Waals surface area contributed by atoms with Crippen LogP contribution in [-0.4, -0.2) is 35.7 Å². The molecule has 0 aliphatic carbocycles. The van der Waals surface area contributed by atoms with Crippen molar-refractivity contribution < 1.29 is 37.3 Å². The third kappa shape index (κ3) is 4.24. The summed E-state index contributed by atoms with van der Waals surface area (Å²) in [5.41, 5.74) is -0.184. The molecule has 1 N–H and O–H groups in total. The summed E-state index contributed by atoms with van der Waals surface area (Å²) in [6.45, 7) is 7.69. The summed E-state index contributed by atoms with van der Waals surface area (Å²) in [7, 11) is 0. The standard InChI is InChI=1S/C25H26F3NO5/c1-13-9-15-21-17(10-13)33-12-19(24(2,3)4)29(21)23(32)18(11-20(30)31)34-22(15)14-7-5-6-8-16(14)25(26,27)28/h5-10,18-19,22H,11-12H2,1-4H3,(H,30,31)/t18-,19+,22-/m1/s1. The van der Waals surface area contributed by atoms with Crippen LogP contribution in [0.3, 0.4) is 0 Å². The summed E-state index contributed by atoms with van der Waals surface area (Å²) in [5, 5.41) is 9.47. The van der Waals surface area contributed by atoms with Crippen LogP contribution in [0.4, 0.5) is 18.9 Å². The summed E-state index contributed by atoms with van der Waals surface area (Å²) >= 11 is 0. The van der Waals surface area contributed by atoms with Crippen molar-refractivity contribution in [1.29, 1.82) is 0 Å². The van der Waals surface area contributed by atoms with E-state index in [0.717, 1.165) is 6.07 Å². The largest absolute Gasteiger partial charge is 0.489 e. The maximum Gasteiger partial charge on any atom is 0.416 e. The molecule has 2 aromatic carbocycles. The summed E-state index contributed by atoms with van der Waals surface area (Å²) < 4.78 is 53.8. The van der Waals surface area contributed by atoms with E-state index < -0.39 is 53.7 Å². The van der Waals surface area contributed by atoms with Gasteiger partial charge in [-0.15, -0.1) is 0 Å². The van der Waals surface area contributed by atoms with Crippen molar-refractivity contribution in [2.75, 3.05) is 11.5 Å². The number of nitrogens with zero attached hydrogens (tertiary/aromatic N) is 1. The van der Waals surface area contributed by atoms with Gasteiger partial charge in [-0.25, -0.2) is 0 Å². The molecule has 0 bridgehead atoms. The van der Waals surface area contributed by atoms with Crippen molar-refractivity contribution in [3.63, 3.8) is 0 Å². The van der Waals surface area contributed by atoms with Crippen LogP contribution in [-0.2, 0) is 20.5 Å². The van der Waals surface area contributed by atoms with Gasteiger partial charge < -0.3 is 14.6 Å².